The summed E-state index contributed by atoms with van der Waals surface area (Å²) < 4.78 is 0. The van der Waals surface area contributed by atoms with Crippen molar-refractivity contribution in [1.82, 2.24) is 9.97 Å². The number of anilines is 1. The molecule has 0 radical (unpaired) electrons. The van der Waals surface area contributed by atoms with Crippen LogP contribution in [-0.2, 0) is 11.2 Å². The topological polar surface area (TPSA) is 72.1 Å². The molecule has 1 aliphatic heterocycles. The van der Waals surface area contributed by atoms with Crippen LogP contribution in [0.1, 0.15) is 37.6 Å². The number of fused-ring (bicyclic) bond motifs is 2. The van der Waals surface area contributed by atoms with Crippen LogP contribution < -0.4 is 10.6 Å². The fourth-order valence-electron chi connectivity index (χ4n) is 5.14. The molecule has 1 amide bonds. The first kappa shape index (κ1) is 15.8. The van der Waals surface area contributed by atoms with Crippen molar-refractivity contribution in [1.29, 1.82) is 0 Å². The quantitative estimate of drug-likeness (QED) is 0.929. The van der Waals surface area contributed by atoms with Gasteiger partial charge in [-0.1, -0.05) is 20.8 Å². The number of carbonyl (C=O) groups is 1. The van der Waals surface area contributed by atoms with Gasteiger partial charge in [0, 0.05) is 18.0 Å². The van der Waals surface area contributed by atoms with Crippen LogP contribution >= 0.6 is 11.3 Å². The molecule has 2 aromatic rings. The summed E-state index contributed by atoms with van der Waals surface area (Å²) in [7, 11) is 0. The van der Waals surface area contributed by atoms with E-state index in [9.17, 15) is 4.79 Å². The number of nitrogens with two attached hydrogens (primary N) is 1. The Bertz CT molecular complexity index is 843. The molecule has 0 unspecified atom stereocenters. The molecule has 4 rings (SSSR count). The highest BCUT2D eigenvalue weighted by Gasteiger charge is 2.66. The highest BCUT2D eigenvalue weighted by molar-refractivity contribution is 7.18. The van der Waals surface area contributed by atoms with Crippen molar-refractivity contribution in [2.24, 2.45) is 22.5 Å². The van der Waals surface area contributed by atoms with Crippen LogP contribution in [0.4, 0.5) is 5.82 Å². The van der Waals surface area contributed by atoms with Crippen LogP contribution in [0, 0.1) is 23.7 Å². The number of hydrogen-bond donors (Lipinski definition) is 1. The molecule has 2 atom stereocenters. The maximum atomic E-state index is 12.2. The van der Waals surface area contributed by atoms with E-state index >= 15 is 0 Å². The molecule has 1 saturated heterocycles. The molecule has 6 heteroatoms. The Kier molecular flexibility index (Phi) is 3.24. The van der Waals surface area contributed by atoms with Crippen molar-refractivity contribution in [3.05, 3.63) is 16.8 Å². The van der Waals surface area contributed by atoms with E-state index in [0.717, 1.165) is 30.0 Å². The molecular formula is C18H24N4OS. The second-order valence-corrected chi connectivity index (χ2v) is 9.19. The van der Waals surface area contributed by atoms with Crippen molar-refractivity contribution in [3.63, 3.8) is 0 Å². The van der Waals surface area contributed by atoms with Crippen LogP contribution in [0.3, 0.4) is 0 Å². The number of aromatic nitrogens is 2. The summed E-state index contributed by atoms with van der Waals surface area (Å²) in [5.74, 6) is 1.13. The number of aryl methyl sites for hydroxylation is 2. The number of carbonyl (C=O) groups excluding carboxylic acids is 1. The van der Waals surface area contributed by atoms with E-state index in [2.05, 4.69) is 42.6 Å². The zero-order chi connectivity index (χ0) is 17.3. The fraction of sp³-hybridized carbons (Fsp3) is 0.611. The average Bonchev–Trinajstić information content (AvgIpc) is 3.02. The maximum absolute atomic E-state index is 12.2. The largest absolute Gasteiger partial charge is 0.369 e. The van der Waals surface area contributed by atoms with Gasteiger partial charge in [0.25, 0.3) is 0 Å². The smallest absolute Gasteiger partial charge is 0.225 e. The van der Waals surface area contributed by atoms with Gasteiger partial charge in [0.05, 0.1) is 10.8 Å². The summed E-state index contributed by atoms with van der Waals surface area (Å²) >= 11 is 1.73. The van der Waals surface area contributed by atoms with E-state index in [0.29, 0.717) is 12.5 Å². The van der Waals surface area contributed by atoms with Crippen molar-refractivity contribution >= 4 is 33.3 Å². The van der Waals surface area contributed by atoms with Crippen molar-refractivity contribution < 1.29 is 4.79 Å². The Morgan fingerprint density at radius 1 is 1.46 bits per heavy atom. The summed E-state index contributed by atoms with van der Waals surface area (Å²) in [5, 5.41) is 1.17. The van der Waals surface area contributed by atoms with Gasteiger partial charge < -0.3 is 10.6 Å². The molecule has 2 aromatic heterocycles. The van der Waals surface area contributed by atoms with Crippen molar-refractivity contribution in [3.8, 4) is 0 Å². The first-order valence-corrected chi connectivity index (χ1v) is 9.39. The predicted molar refractivity (Wildman–Crippen MR) is 97.3 cm³/mol. The third kappa shape index (κ3) is 1.89. The first-order valence-electron chi connectivity index (χ1n) is 8.58. The number of primary amides is 1. The summed E-state index contributed by atoms with van der Waals surface area (Å²) in [5.41, 5.74) is 6.91. The summed E-state index contributed by atoms with van der Waals surface area (Å²) in [6.45, 7) is 10.3. The molecular weight excluding hydrogens is 320 g/mol. The third-order valence-electron chi connectivity index (χ3n) is 6.17. The van der Waals surface area contributed by atoms with E-state index in [1.54, 1.807) is 17.7 Å². The molecule has 2 N–H and O–H groups in total. The Balaban J connectivity index is 1.81. The molecule has 0 bridgehead atoms. The third-order valence-corrected chi connectivity index (χ3v) is 7.23. The number of hydrogen-bond acceptors (Lipinski definition) is 5. The number of nitrogens with zero attached hydrogens (tertiary/aromatic N) is 3. The number of thiophene rings is 1. The van der Waals surface area contributed by atoms with Gasteiger partial charge in [-0.05, 0) is 36.7 Å². The van der Waals surface area contributed by atoms with E-state index in [1.165, 1.54) is 15.8 Å². The molecule has 2 fully saturated rings. The Morgan fingerprint density at radius 2 is 2.21 bits per heavy atom. The summed E-state index contributed by atoms with van der Waals surface area (Å²) in [6, 6.07) is 0. The lowest BCUT2D eigenvalue weighted by Gasteiger charge is -2.54. The van der Waals surface area contributed by atoms with Gasteiger partial charge in [-0.25, -0.2) is 9.97 Å². The molecule has 0 aromatic carbocycles. The highest BCUT2D eigenvalue weighted by Crippen LogP contribution is 2.63. The Labute approximate surface area is 146 Å². The van der Waals surface area contributed by atoms with Crippen LogP contribution in [0.5, 0.6) is 0 Å². The van der Waals surface area contributed by atoms with Gasteiger partial charge in [-0.2, -0.15) is 0 Å². The summed E-state index contributed by atoms with van der Waals surface area (Å²) in [4.78, 5) is 25.9. The minimum atomic E-state index is -0.391. The highest BCUT2D eigenvalue weighted by atomic mass is 32.1. The van der Waals surface area contributed by atoms with Crippen LogP contribution in [0.15, 0.2) is 6.33 Å². The lowest BCUT2D eigenvalue weighted by atomic mass is 9.48. The summed E-state index contributed by atoms with van der Waals surface area (Å²) in [6.07, 6.45) is 3.49. The van der Waals surface area contributed by atoms with Crippen LogP contribution in [0.25, 0.3) is 10.2 Å². The normalized spacial score (nSPS) is 28.0. The van der Waals surface area contributed by atoms with Gasteiger partial charge in [0.15, 0.2) is 0 Å². The molecule has 1 saturated carbocycles. The van der Waals surface area contributed by atoms with E-state index in [1.807, 2.05) is 0 Å². The Morgan fingerprint density at radius 3 is 2.79 bits per heavy atom. The second kappa shape index (κ2) is 4.91. The van der Waals surface area contributed by atoms with Crippen molar-refractivity contribution in [2.75, 3.05) is 18.0 Å². The molecule has 5 nitrogen and oxygen atoms in total. The molecule has 1 aliphatic carbocycles. The minimum absolute atomic E-state index is 0.156. The SMILES string of the molecule is CCc1c(C)sc2ncnc(N3C[C@@H]4C(C)(C)C[C@]4(C(N)=O)C3)c12. The lowest BCUT2D eigenvalue weighted by Crippen LogP contribution is -2.59. The maximum Gasteiger partial charge on any atom is 0.225 e. The molecule has 0 spiro atoms. The molecule has 3 heterocycles. The van der Waals surface area contributed by atoms with Crippen LogP contribution in [0.2, 0.25) is 0 Å². The van der Waals surface area contributed by atoms with Crippen LogP contribution in [-0.4, -0.2) is 29.0 Å². The lowest BCUT2D eigenvalue weighted by molar-refractivity contribution is -0.148. The molecule has 128 valence electrons. The number of rotatable bonds is 3. The number of amides is 1. The second-order valence-electron chi connectivity index (χ2n) is 7.99. The zero-order valence-electron chi connectivity index (χ0n) is 14.7. The van der Waals surface area contributed by atoms with E-state index in [-0.39, 0.29) is 11.3 Å². The minimum Gasteiger partial charge on any atom is -0.369 e. The van der Waals surface area contributed by atoms with Crippen molar-refractivity contribution in [2.45, 2.75) is 40.5 Å². The first-order chi connectivity index (χ1) is 11.3. The predicted octanol–water partition coefficient (Wildman–Crippen LogP) is 2.90. The van der Waals surface area contributed by atoms with E-state index < -0.39 is 5.41 Å². The monoisotopic (exact) mass is 344 g/mol. The average molecular weight is 344 g/mol. The molecule has 2 aliphatic rings. The zero-order valence-corrected chi connectivity index (χ0v) is 15.5. The van der Waals surface area contributed by atoms with Gasteiger partial charge in [-0.3, -0.25) is 4.79 Å². The van der Waals surface area contributed by atoms with Gasteiger partial charge in [0.2, 0.25) is 5.91 Å². The Hall–Kier alpha value is -1.69. The van der Waals surface area contributed by atoms with Gasteiger partial charge in [0.1, 0.15) is 17.0 Å². The standard InChI is InChI=1S/C18H24N4OS/c1-5-11-10(2)24-15-13(11)14(20-9-21-15)22-6-12-17(3,4)7-18(12,8-22)16(19)23/h9,12H,5-8H2,1-4H3,(H2,19,23)/t12-,18+/m1/s1. The fourth-order valence-corrected chi connectivity index (χ4v) is 6.21. The van der Waals surface area contributed by atoms with Gasteiger partial charge in [-0.15, -0.1) is 11.3 Å². The van der Waals surface area contributed by atoms with E-state index in [4.69, 9.17) is 5.73 Å². The molecule has 24 heavy (non-hydrogen) atoms. The van der Waals surface area contributed by atoms with Gasteiger partial charge >= 0.3 is 0 Å².